The van der Waals surface area contributed by atoms with Crippen LogP contribution >= 0.6 is 0 Å². The minimum atomic E-state index is -0.145. The Bertz CT molecular complexity index is 132. The molecule has 0 bridgehead atoms. The molecule has 0 aromatic heterocycles. The fraction of sp³-hybridized carbons (Fsp3) is 1.00. The Hall–Kier alpha value is -0.120. The van der Waals surface area contributed by atoms with Crippen molar-refractivity contribution in [2.24, 2.45) is 5.92 Å². The second-order valence-corrected chi connectivity index (χ2v) is 4.08. The summed E-state index contributed by atoms with van der Waals surface area (Å²) in [5.41, 5.74) is 0. The molecule has 1 saturated heterocycles. The average molecular weight is 202 g/mol. The Labute approximate surface area is 86.4 Å². The van der Waals surface area contributed by atoms with Crippen LogP contribution in [0.15, 0.2) is 0 Å². The van der Waals surface area contributed by atoms with Crippen LogP contribution in [-0.2, 0) is 9.47 Å². The molecule has 0 radical (unpaired) electrons. The van der Waals surface area contributed by atoms with Crippen LogP contribution in [0.25, 0.3) is 0 Å². The van der Waals surface area contributed by atoms with E-state index in [0.29, 0.717) is 5.92 Å². The number of rotatable bonds is 6. The van der Waals surface area contributed by atoms with E-state index in [1.54, 1.807) is 7.11 Å². The Morgan fingerprint density at radius 1 is 1.43 bits per heavy atom. The third-order valence-electron chi connectivity index (χ3n) is 2.83. The van der Waals surface area contributed by atoms with Crippen LogP contribution in [0.4, 0.5) is 0 Å². The van der Waals surface area contributed by atoms with Crippen LogP contribution in [0.2, 0.25) is 0 Å². The molecule has 1 unspecified atom stereocenters. The molecule has 3 heteroatoms. The lowest BCUT2D eigenvalue weighted by atomic mass is 9.92. The first-order valence-electron chi connectivity index (χ1n) is 5.57. The van der Waals surface area contributed by atoms with Crippen LogP contribution < -0.4 is 0 Å². The van der Waals surface area contributed by atoms with Crippen LogP contribution in [0.3, 0.4) is 0 Å². The standard InChI is InChI=1S/C11H22O3/c1-13-6-2-3-11(12)9-10-4-7-14-8-5-10/h10-12H,2-9H2,1H3. The van der Waals surface area contributed by atoms with Crippen molar-refractivity contribution in [3.8, 4) is 0 Å². The van der Waals surface area contributed by atoms with Crippen molar-refractivity contribution in [3.05, 3.63) is 0 Å². The number of hydrogen-bond acceptors (Lipinski definition) is 3. The van der Waals surface area contributed by atoms with E-state index < -0.39 is 0 Å². The molecule has 3 nitrogen and oxygen atoms in total. The zero-order valence-corrected chi connectivity index (χ0v) is 9.08. The SMILES string of the molecule is COCCCC(O)CC1CCOCC1. The minimum absolute atomic E-state index is 0.145. The maximum atomic E-state index is 9.73. The molecule has 1 aliphatic rings. The fourth-order valence-electron chi connectivity index (χ4n) is 1.95. The van der Waals surface area contributed by atoms with E-state index >= 15 is 0 Å². The zero-order chi connectivity index (χ0) is 10.2. The van der Waals surface area contributed by atoms with Crippen LogP contribution in [0.5, 0.6) is 0 Å². The Balaban J connectivity index is 2.03. The molecule has 0 saturated carbocycles. The lowest BCUT2D eigenvalue weighted by Crippen LogP contribution is -2.21. The van der Waals surface area contributed by atoms with Gasteiger partial charge in [-0.25, -0.2) is 0 Å². The average Bonchev–Trinajstić information content (AvgIpc) is 2.20. The number of aliphatic hydroxyl groups is 1. The Morgan fingerprint density at radius 3 is 2.79 bits per heavy atom. The molecular weight excluding hydrogens is 180 g/mol. The third-order valence-corrected chi connectivity index (χ3v) is 2.83. The highest BCUT2D eigenvalue weighted by atomic mass is 16.5. The number of ether oxygens (including phenoxy) is 2. The van der Waals surface area contributed by atoms with Gasteiger partial charge in [0.2, 0.25) is 0 Å². The van der Waals surface area contributed by atoms with Crippen molar-refractivity contribution in [1.82, 2.24) is 0 Å². The molecule has 0 spiro atoms. The summed E-state index contributed by atoms with van der Waals surface area (Å²) in [4.78, 5) is 0. The van der Waals surface area contributed by atoms with Crippen molar-refractivity contribution in [2.45, 2.75) is 38.2 Å². The third kappa shape index (κ3) is 4.94. The van der Waals surface area contributed by atoms with Gasteiger partial charge in [0.1, 0.15) is 0 Å². The van der Waals surface area contributed by atoms with E-state index in [4.69, 9.17) is 9.47 Å². The maximum Gasteiger partial charge on any atom is 0.0543 e. The molecule has 0 aliphatic carbocycles. The van der Waals surface area contributed by atoms with Gasteiger partial charge in [0, 0.05) is 26.9 Å². The minimum Gasteiger partial charge on any atom is -0.393 e. The van der Waals surface area contributed by atoms with Gasteiger partial charge in [-0.3, -0.25) is 0 Å². The number of aliphatic hydroxyl groups excluding tert-OH is 1. The van der Waals surface area contributed by atoms with Gasteiger partial charge in [-0.05, 0) is 38.0 Å². The van der Waals surface area contributed by atoms with Gasteiger partial charge in [-0.15, -0.1) is 0 Å². The van der Waals surface area contributed by atoms with Crippen molar-refractivity contribution in [3.63, 3.8) is 0 Å². The second kappa shape index (κ2) is 7.21. The predicted molar refractivity (Wildman–Crippen MR) is 55.3 cm³/mol. The van der Waals surface area contributed by atoms with E-state index in [2.05, 4.69) is 0 Å². The van der Waals surface area contributed by atoms with Gasteiger partial charge >= 0.3 is 0 Å². The lowest BCUT2D eigenvalue weighted by Gasteiger charge is -2.24. The van der Waals surface area contributed by atoms with Crippen LogP contribution in [0, 0.1) is 5.92 Å². The van der Waals surface area contributed by atoms with Crippen LogP contribution in [-0.4, -0.2) is 38.1 Å². The highest BCUT2D eigenvalue weighted by Gasteiger charge is 2.17. The molecule has 1 fully saturated rings. The number of hydrogen-bond donors (Lipinski definition) is 1. The van der Waals surface area contributed by atoms with E-state index in [-0.39, 0.29) is 6.10 Å². The summed E-state index contributed by atoms with van der Waals surface area (Å²) in [6.07, 6.45) is 4.84. The molecule has 0 amide bonds. The van der Waals surface area contributed by atoms with Gasteiger partial charge in [0.05, 0.1) is 6.10 Å². The number of methoxy groups -OCH3 is 1. The summed E-state index contributed by atoms with van der Waals surface area (Å²) in [6.45, 7) is 2.50. The largest absolute Gasteiger partial charge is 0.393 e. The summed E-state index contributed by atoms with van der Waals surface area (Å²) in [5.74, 6) is 0.668. The first-order chi connectivity index (χ1) is 6.83. The van der Waals surface area contributed by atoms with E-state index in [1.807, 2.05) is 0 Å². The fourth-order valence-corrected chi connectivity index (χ4v) is 1.95. The van der Waals surface area contributed by atoms with Gasteiger partial charge in [-0.1, -0.05) is 0 Å². The summed E-state index contributed by atoms with van der Waals surface area (Å²) < 4.78 is 10.2. The molecule has 1 heterocycles. The molecule has 1 rings (SSSR count). The molecular formula is C11H22O3. The quantitative estimate of drug-likeness (QED) is 0.665. The monoisotopic (exact) mass is 202 g/mol. The smallest absolute Gasteiger partial charge is 0.0543 e. The Morgan fingerprint density at radius 2 is 2.14 bits per heavy atom. The predicted octanol–water partition coefficient (Wildman–Crippen LogP) is 1.59. The summed E-state index contributed by atoms with van der Waals surface area (Å²) >= 11 is 0. The second-order valence-electron chi connectivity index (χ2n) is 4.08. The van der Waals surface area contributed by atoms with Crippen molar-refractivity contribution in [2.75, 3.05) is 26.9 Å². The molecule has 14 heavy (non-hydrogen) atoms. The summed E-state index contributed by atoms with van der Waals surface area (Å²) in [7, 11) is 1.70. The van der Waals surface area contributed by atoms with Gasteiger partial charge < -0.3 is 14.6 Å². The topological polar surface area (TPSA) is 38.7 Å². The Kier molecular flexibility index (Phi) is 6.15. The lowest BCUT2D eigenvalue weighted by molar-refractivity contribution is 0.0399. The van der Waals surface area contributed by atoms with Crippen molar-refractivity contribution < 1.29 is 14.6 Å². The highest BCUT2D eigenvalue weighted by Crippen LogP contribution is 2.21. The van der Waals surface area contributed by atoms with E-state index in [0.717, 1.165) is 51.9 Å². The van der Waals surface area contributed by atoms with Crippen molar-refractivity contribution in [1.29, 1.82) is 0 Å². The molecule has 1 atom stereocenters. The highest BCUT2D eigenvalue weighted by molar-refractivity contribution is 4.68. The van der Waals surface area contributed by atoms with E-state index in [1.165, 1.54) is 0 Å². The van der Waals surface area contributed by atoms with Gasteiger partial charge in [0.15, 0.2) is 0 Å². The van der Waals surface area contributed by atoms with E-state index in [9.17, 15) is 5.11 Å². The molecule has 1 aliphatic heterocycles. The maximum absolute atomic E-state index is 9.73. The van der Waals surface area contributed by atoms with Gasteiger partial charge in [-0.2, -0.15) is 0 Å². The first kappa shape index (κ1) is 12.0. The normalized spacial score (nSPS) is 21.0. The molecule has 1 N–H and O–H groups in total. The summed E-state index contributed by atoms with van der Waals surface area (Å²) in [5, 5.41) is 9.73. The first-order valence-corrected chi connectivity index (χ1v) is 5.57. The van der Waals surface area contributed by atoms with Crippen LogP contribution in [0.1, 0.15) is 32.1 Å². The summed E-state index contributed by atoms with van der Waals surface area (Å²) in [6, 6.07) is 0. The molecule has 0 aromatic rings. The van der Waals surface area contributed by atoms with Crippen molar-refractivity contribution >= 4 is 0 Å². The zero-order valence-electron chi connectivity index (χ0n) is 9.08. The molecule has 0 aromatic carbocycles. The van der Waals surface area contributed by atoms with Gasteiger partial charge in [0.25, 0.3) is 0 Å². The molecule has 84 valence electrons.